The Morgan fingerprint density at radius 2 is 1.40 bits per heavy atom. The van der Waals surface area contributed by atoms with E-state index in [1.54, 1.807) is 0 Å². The average Bonchev–Trinajstić information content (AvgIpc) is 2.83. The third-order valence-corrected chi connectivity index (χ3v) is 5.79. The van der Waals surface area contributed by atoms with Crippen LogP contribution < -0.4 is 10.1 Å². The highest BCUT2D eigenvalue weighted by molar-refractivity contribution is 5.83. The van der Waals surface area contributed by atoms with Crippen molar-refractivity contribution in [3.63, 3.8) is 0 Å². The van der Waals surface area contributed by atoms with Gasteiger partial charge in [0.1, 0.15) is 5.75 Å². The molecule has 0 bridgehead atoms. The number of hydrogen-bond acceptors (Lipinski definition) is 2. The zero-order valence-corrected chi connectivity index (χ0v) is 16.9. The van der Waals surface area contributed by atoms with Gasteiger partial charge >= 0.3 is 0 Å². The van der Waals surface area contributed by atoms with Crippen LogP contribution in [-0.2, 0) is 0 Å². The van der Waals surface area contributed by atoms with E-state index in [2.05, 4.69) is 108 Å². The van der Waals surface area contributed by atoms with Gasteiger partial charge in [0.2, 0.25) is 0 Å². The van der Waals surface area contributed by atoms with Crippen LogP contribution in [0.3, 0.4) is 0 Å². The summed E-state index contributed by atoms with van der Waals surface area (Å²) in [5.74, 6) is 1.26. The first-order valence-corrected chi connectivity index (χ1v) is 10.5. The van der Waals surface area contributed by atoms with Gasteiger partial charge in [-0.2, -0.15) is 0 Å². The van der Waals surface area contributed by atoms with Crippen molar-refractivity contribution in [2.24, 2.45) is 5.92 Å². The molecule has 0 radical (unpaired) electrons. The summed E-state index contributed by atoms with van der Waals surface area (Å²) in [5, 5.41) is 5.93. The molecule has 0 aromatic heterocycles. The Labute approximate surface area is 177 Å². The normalized spacial score (nSPS) is 16.3. The van der Waals surface area contributed by atoms with Crippen LogP contribution in [0, 0.1) is 5.92 Å². The molecule has 0 spiro atoms. The van der Waals surface area contributed by atoms with E-state index < -0.39 is 0 Å². The molecule has 1 N–H and O–H groups in total. The second-order valence-electron chi connectivity index (χ2n) is 7.78. The lowest BCUT2D eigenvalue weighted by Crippen LogP contribution is -2.32. The van der Waals surface area contributed by atoms with Crippen molar-refractivity contribution in [1.82, 2.24) is 5.32 Å². The Morgan fingerprint density at radius 3 is 2.23 bits per heavy atom. The first-order valence-electron chi connectivity index (χ1n) is 10.5. The lowest BCUT2D eigenvalue weighted by Gasteiger charge is -2.26. The SMILES string of the molecule is C1=C(c2ccc(-c3ccccc3)cc2)C(COc2ccc3ccccc3c2)CNC1. The fourth-order valence-corrected chi connectivity index (χ4v) is 4.16. The van der Waals surface area contributed by atoms with Gasteiger partial charge in [0.15, 0.2) is 0 Å². The van der Waals surface area contributed by atoms with Gasteiger partial charge in [0, 0.05) is 19.0 Å². The fourth-order valence-electron chi connectivity index (χ4n) is 4.16. The van der Waals surface area contributed by atoms with Crippen molar-refractivity contribution >= 4 is 16.3 Å². The number of nitrogens with one attached hydrogen (secondary N) is 1. The van der Waals surface area contributed by atoms with Gasteiger partial charge < -0.3 is 10.1 Å². The molecule has 2 heteroatoms. The highest BCUT2D eigenvalue weighted by Gasteiger charge is 2.20. The Kier molecular flexibility index (Phi) is 5.32. The van der Waals surface area contributed by atoms with Crippen molar-refractivity contribution in [2.45, 2.75) is 0 Å². The number of benzene rings is 4. The zero-order chi connectivity index (χ0) is 20.2. The molecule has 0 amide bonds. The molecule has 1 aliphatic rings. The van der Waals surface area contributed by atoms with Crippen LogP contribution in [0.2, 0.25) is 0 Å². The smallest absolute Gasteiger partial charge is 0.119 e. The van der Waals surface area contributed by atoms with Crippen molar-refractivity contribution in [3.05, 3.63) is 109 Å². The lowest BCUT2D eigenvalue weighted by molar-refractivity contribution is 0.274. The first kappa shape index (κ1) is 18.7. The maximum Gasteiger partial charge on any atom is 0.119 e. The van der Waals surface area contributed by atoms with Gasteiger partial charge in [0.25, 0.3) is 0 Å². The summed E-state index contributed by atoms with van der Waals surface area (Å²) in [7, 11) is 0. The Hall–Kier alpha value is -3.36. The Balaban J connectivity index is 1.32. The van der Waals surface area contributed by atoms with Crippen LogP contribution in [0.15, 0.2) is 103 Å². The van der Waals surface area contributed by atoms with E-state index in [4.69, 9.17) is 4.74 Å². The van der Waals surface area contributed by atoms with E-state index in [9.17, 15) is 0 Å². The van der Waals surface area contributed by atoms with E-state index in [0.717, 1.165) is 18.8 Å². The third kappa shape index (κ3) is 4.00. The molecule has 148 valence electrons. The minimum Gasteiger partial charge on any atom is -0.493 e. The number of fused-ring (bicyclic) bond motifs is 1. The second-order valence-corrected chi connectivity index (χ2v) is 7.78. The standard InChI is InChI=1S/C28H25NO/c1-2-6-21(7-3-1)23-10-12-24(13-11-23)28-16-17-29-19-26(28)20-30-27-15-14-22-8-4-5-9-25(22)18-27/h1-16,18,26,29H,17,19-20H2. The van der Waals surface area contributed by atoms with Crippen LogP contribution in [0.1, 0.15) is 5.56 Å². The minimum atomic E-state index is 0.327. The molecule has 1 heterocycles. The summed E-state index contributed by atoms with van der Waals surface area (Å²) in [4.78, 5) is 0. The maximum absolute atomic E-state index is 6.22. The van der Waals surface area contributed by atoms with Gasteiger partial charge in [-0.3, -0.25) is 0 Å². The van der Waals surface area contributed by atoms with Crippen molar-refractivity contribution in [3.8, 4) is 16.9 Å². The molecule has 4 aromatic carbocycles. The predicted octanol–water partition coefficient (Wildman–Crippen LogP) is 6.19. The summed E-state index contributed by atoms with van der Waals surface area (Å²) in [6.45, 7) is 2.50. The first-order chi connectivity index (χ1) is 14.9. The highest BCUT2D eigenvalue weighted by atomic mass is 16.5. The molecular weight excluding hydrogens is 366 g/mol. The molecule has 1 atom stereocenters. The monoisotopic (exact) mass is 391 g/mol. The van der Waals surface area contributed by atoms with Gasteiger partial charge in [0.05, 0.1) is 6.61 Å². The van der Waals surface area contributed by atoms with Gasteiger partial charge in [-0.15, -0.1) is 0 Å². The maximum atomic E-state index is 6.22. The minimum absolute atomic E-state index is 0.327. The molecule has 0 saturated carbocycles. The van der Waals surface area contributed by atoms with E-state index in [1.807, 2.05) is 0 Å². The van der Waals surface area contributed by atoms with Crippen LogP contribution in [-0.4, -0.2) is 19.7 Å². The molecule has 5 rings (SSSR count). The summed E-state index contributed by atoms with van der Waals surface area (Å²) in [6, 6.07) is 34.1. The molecule has 1 unspecified atom stereocenters. The summed E-state index contributed by atoms with van der Waals surface area (Å²) >= 11 is 0. The van der Waals surface area contributed by atoms with Crippen LogP contribution in [0.5, 0.6) is 5.75 Å². The number of rotatable bonds is 5. The van der Waals surface area contributed by atoms with Crippen molar-refractivity contribution in [1.29, 1.82) is 0 Å². The fraction of sp³-hybridized carbons (Fsp3) is 0.143. The average molecular weight is 392 g/mol. The second kappa shape index (κ2) is 8.56. The molecule has 0 fully saturated rings. The molecule has 4 aromatic rings. The molecule has 30 heavy (non-hydrogen) atoms. The van der Waals surface area contributed by atoms with E-state index >= 15 is 0 Å². The summed E-state index contributed by atoms with van der Waals surface area (Å²) in [5.41, 5.74) is 5.15. The van der Waals surface area contributed by atoms with Gasteiger partial charge in [-0.25, -0.2) is 0 Å². The lowest BCUT2D eigenvalue weighted by atomic mass is 9.89. The third-order valence-electron chi connectivity index (χ3n) is 5.79. The molecule has 0 aliphatic carbocycles. The van der Waals surface area contributed by atoms with E-state index in [1.165, 1.54) is 33.0 Å². The predicted molar refractivity (Wildman–Crippen MR) is 126 cm³/mol. The highest BCUT2D eigenvalue weighted by Crippen LogP contribution is 2.29. The Bertz CT molecular complexity index is 1160. The van der Waals surface area contributed by atoms with Gasteiger partial charge in [-0.05, 0) is 45.2 Å². The van der Waals surface area contributed by atoms with Crippen LogP contribution in [0.25, 0.3) is 27.5 Å². The number of ether oxygens (including phenoxy) is 1. The van der Waals surface area contributed by atoms with E-state index in [0.29, 0.717) is 12.5 Å². The van der Waals surface area contributed by atoms with Crippen molar-refractivity contribution in [2.75, 3.05) is 19.7 Å². The molecular formula is C28H25NO. The molecule has 2 nitrogen and oxygen atoms in total. The van der Waals surface area contributed by atoms with Crippen molar-refractivity contribution < 1.29 is 4.74 Å². The van der Waals surface area contributed by atoms with Gasteiger partial charge in [-0.1, -0.05) is 91.0 Å². The quantitative estimate of drug-likeness (QED) is 0.438. The topological polar surface area (TPSA) is 21.3 Å². The van der Waals surface area contributed by atoms with Crippen LogP contribution >= 0.6 is 0 Å². The zero-order valence-electron chi connectivity index (χ0n) is 16.9. The number of hydrogen-bond donors (Lipinski definition) is 1. The largest absolute Gasteiger partial charge is 0.493 e. The molecule has 0 saturated heterocycles. The van der Waals surface area contributed by atoms with E-state index in [-0.39, 0.29) is 0 Å². The molecule has 1 aliphatic heterocycles. The summed E-state index contributed by atoms with van der Waals surface area (Å²) in [6.07, 6.45) is 2.30. The summed E-state index contributed by atoms with van der Waals surface area (Å²) < 4.78 is 6.22. The van der Waals surface area contributed by atoms with Crippen LogP contribution in [0.4, 0.5) is 0 Å². The Morgan fingerprint density at radius 1 is 0.700 bits per heavy atom.